The molecule has 1 heterocycles. The lowest BCUT2D eigenvalue weighted by atomic mass is 9.91. The number of amides is 2. The summed E-state index contributed by atoms with van der Waals surface area (Å²) in [6, 6.07) is 9.85. The van der Waals surface area contributed by atoms with Gasteiger partial charge in [0.1, 0.15) is 0 Å². The van der Waals surface area contributed by atoms with Crippen LogP contribution in [0.25, 0.3) is 5.69 Å². The number of hydrogen-bond acceptors (Lipinski definition) is 5. The fraction of sp³-hybridized carbons (Fsp3) is 0.474. The van der Waals surface area contributed by atoms with Gasteiger partial charge in [-0.15, -0.1) is 5.10 Å². The van der Waals surface area contributed by atoms with Crippen LogP contribution in [0.4, 0.5) is 0 Å². The van der Waals surface area contributed by atoms with Crippen LogP contribution in [0.1, 0.15) is 48.3 Å². The van der Waals surface area contributed by atoms with Crippen LogP contribution >= 0.6 is 0 Å². The molecule has 4 N–H and O–H groups in total. The molecule has 3 rings (SSSR count). The average Bonchev–Trinajstić information content (AvgIpc) is 3.06. The molecule has 1 fully saturated rings. The van der Waals surface area contributed by atoms with Crippen molar-refractivity contribution in [2.24, 2.45) is 5.73 Å². The molecule has 144 valence electrons. The van der Waals surface area contributed by atoms with E-state index in [0.29, 0.717) is 24.4 Å². The van der Waals surface area contributed by atoms with Crippen LogP contribution in [0.15, 0.2) is 30.3 Å². The summed E-state index contributed by atoms with van der Waals surface area (Å²) in [5.41, 5.74) is 7.32. The lowest BCUT2D eigenvalue weighted by molar-refractivity contribution is -0.121. The van der Waals surface area contributed by atoms with E-state index in [2.05, 4.69) is 20.9 Å². The van der Waals surface area contributed by atoms with Crippen molar-refractivity contribution >= 4 is 11.8 Å². The van der Waals surface area contributed by atoms with E-state index in [1.807, 2.05) is 37.3 Å². The minimum atomic E-state index is -0.203. The maximum atomic E-state index is 12.6. The lowest BCUT2D eigenvalue weighted by Crippen LogP contribution is -2.44. The molecule has 2 aromatic rings. The molecular formula is C19H26N6O2. The van der Waals surface area contributed by atoms with Crippen molar-refractivity contribution < 1.29 is 9.59 Å². The van der Waals surface area contributed by atoms with Crippen molar-refractivity contribution in [3.05, 3.63) is 41.7 Å². The summed E-state index contributed by atoms with van der Waals surface area (Å²) < 4.78 is 1.67. The average molecular weight is 370 g/mol. The molecule has 1 saturated carbocycles. The Morgan fingerprint density at radius 2 is 1.74 bits per heavy atom. The standard InChI is InChI=1S/C19H26N6O2/c1-13-18(23-24-25(13)16-5-3-2-4-6-16)19(27)22-15-9-7-14(8-10-15)21-17(26)11-12-20/h2-6,14-15H,7-12,20H2,1H3,(H,21,26)(H,22,27). The number of carbonyl (C=O) groups is 2. The van der Waals surface area contributed by atoms with Gasteiger partial charge in [-0.1, -0.05) is 23.4 Å². The van der Waals surface area contributed by atoms with Crippen LogP contribution in [-0.2, 0) is 4.79 Å². The fourth-order valence-electron chi connectivity index (χ4n) is 3.42. The van der Waals surface area contributed by atoms with E-state index in [4.69, 9.17) is 5.73 Å². The molecule has 0 radical (unpaired) electrons. The molecular weight excluding hydrogens is 344 g/mol. The van der Waals surface area contributed by atoms with Gasteiger partial charge in [0.25, 0.3) is 5.91 Å². The largest absolute Gasteiger partial charge is 0.353 e. The number of hydrogen-bond donors (Lipinski definition) is 3. The maximum absolute atomic E-state index is 12.6. The van der Waals surface area contributed by atoms with Crippen LogP contribution in [-0.4, -0.2) is 45.4 Å². The van der Waals surface area contributed by atoms with Crippen LogP contribution in [0.5, 0.6) is 0 Å². The number of nitrogens with two attached hydrogens (primary N) is 1. The van der Waals surface area contributed by atoms with Gasteiger partial charge in [-0.25, -0.2) is 4.68 Å². The van der Waals surface area contributed by atoms with Crippen molar-refractivity contribution in [2.45, 2.75) is 51.1 Å². The molecule has 0 atom stereocenters. The zero-order valence-corrected chi connectivity index (χ0v) is 15.5. The smallest absolute Gasteiger partial charge is 0.273 e. The Hall–Kier alpha value is -2.74. The first-order chi connectivity index (χ1) is 13.1. The Morgan fingerprint density at radius 1 is 1.11 bits per heavy atom. The number of rotatable bonds is 6. The highest BCUT2D eigenvalue weighted by Crippen LogP contribution is 2.20. The van der Waals surface area contributed by atoms with Crippen LogP contribution in [0.3, 0.4) is 0 Å². The molecule has 1 aromatic heterocycles. The number of benzene rings is 1. The molecule has 8 heteroatoms. The Morgan fingerprint density at radius 3 is 2.37 bits per heavy atom. The Bertz CT molecular complexity index is 781. The molecule has 8 nitrogen and oxygen atoms in total. The highest BCUT2D eigenvalue weighted by Gasteiger charge is 2.25. The predicted molar refractivity (Wildman–Crippen MR) is 101 cm³/mol. The highest BCUT2D eigenvalue weighted by molar-refractivity contribution is 5.93. The second-order valence-corrected chi connectivity index (χ2v) is 6.90. The van der Waals surface area contributed by atoms with Crippen molar-refractivity contribution in [2.75, 3.05) is 6.54 Å². The van der Waals surface area contributed by atoms with Crippen molar-refractivity contribution in [1.29, 1.82) is 0 Å². The molecule has 0 saturated heterocycles. The minimum absolute atomic E-state index is 0.00173. The van der Waals surface area contributed by atoms with Crippen molar-refractivity contribution in [1.82, 2.24) is 25.6 Å². The van der Waals surface area contributed by atoms with Gasteiger partial charge < -0.3 is 16.4 Å². The fourth-order valence-corrected chi connectivity index (χ4v) is 3.42. The summed E-state index contributed by atoms with van der Waals surface area (Å²) in [5, 5.41) is 14.2. The third kappa shape index (κ3) is 4.71. The third-order valence-corrected chi connectivity index (χ3v) is 4.91. The molecule has 0 bridgehead atoms. The summed E-state index contributed by atoms with van der Waals surface area (Å²) in [5.74, 6) is -0.205. The first-order valence-electron chi connectivity index (χ1n) is 9.36. The van der Waals surface area contributed by atoms with E-state index in [9.17, 15) is 9.59 Å². The van der Waals surface area contributed by atoms with Crippen LogP contribution in [0.2, 0.25) is 0 Å². The molecule has 1 aliphatic rings. The van der Waals surface area contributed by atoms with Crippen molar-refractivity contribution in [3.63, 3.8) is 0 Å². The number of nitrogens with zero attached hydrogens (tertiary/aromatic N) is 3. The first kappa shape index (κ1) is 19.0. The maximum Gasteiger partial charge on any atom is 0.273 e. The van der Waals surface area contributed by atoms with Crippen molar-refractivity contribution in [3.8, 4) is 5.69 Å². The van der Waals surface area contributed by atoms with Gasteiger partial charge in [-0.05, 0) is 44.7 Å². The zero-order valence-electron chi connectivity index (χ0n) is 15.5. The summed E-state index contributed by atoms with van der Waals surface area (Å²) in [6.07, 6.45) is 3.69. The topological polar surface area (TPSA) is 115 Å². The number of nitrogens with one attached hydrogen (secondary N) is 2. The SMILES string of the molecule is Cc1c(C(=O)NC2CCC(NC(=O)CCN)CC2)nnn1-c1ccccc1. The zero-order chi connectivity index (χ0) is 19.2. The summed E-state index contributed by atoms with van der Waals surface area (Å²) in [4.78, 5) is 24.2. The summed E-state index contributed by atoms with van der Waals surface area (Å²) >= 11 is 0. The molecule has 0 unspecified atom stereocenters. The number of para-hydroxylation sites is 1. The van der Waals surface area contributed by atoms with E-state index in [-0.39, 0.29) is 23.9 Å². The Labute approximate surface area is 158 Å². The van der Waals surface area contributed by atoms with Gasteiger partial charge in [-0.2, -0.15) is 0 Å². The molecule has 0 aliphatic heterocycles. The third-order valence-electron chi connectivity index (χ3n) is 4.91. The minimum Gasteiger partial charge on any atom is -0.353 e. The molecule has 1 aliphatic carbocycles. The van der Waals surface area contributed by atoms with Gasteiger partial charge in [-0.3, -0.25) is 9.59 Å². The second kappa shape index (κ2) is 8.77. The van der Waals surface area contributed by atoms with Gasteiger partial charge in [0.2, 0.25) is 5.91 Å². The lowest BCUT2D eigenvalue weighted by Gasteiger charge is -2.29. The van der Waals surface area contributed by atoms with E-state index in [1.54, 1.807) is 4.68 Å². The van der Waals surface area contributed by atoms with E-state index in [0.717, 1.165) is 31.4 Å². The van der Waals surface area contributed by atoms with Gasteiger partial charge >= 0.3 is 0 Å². The van der Waals surface area contributed by atoms with E-state index in [1.165, 1.54) is 0 Å². The van der Waals surface area contributed by atoms with Gasteiger partial charge in [0.15, 0.2) is 5.69 Å². The Kier molecular flexibility index (Phi) is 6.18. The van der Waals surface area contributed by atoms with Gasteiger partial charge in [0.05, 0.1) is 11.4 Å². The second-order valence-electron chi connectivity index (χ2n) is 6.90. The van der Waals surface area contributed by atoms with Gasteiger partial charge in [0, 0.05) is 25.0 Å². The van der Waals surface area contributed by atoms with E-state index >= 15 is 0 Å². The molecule has 27 heavy (non-hydrogen) atoms. The summed E-state index contributed by atoms with van der Waals surface area (Å²) in [7, 11) is 0. The van der Waals surface area contributed by atoms with E-state index < -0.39 is 0 Å². The number of aromatic nitrogens is 3. The normalized spacial score (nSPS) is 19.5. The number of carbonyl (C=O) groups excluding carboxylic acids is 2. The predicted octanol–water partition coefficient (Wildman–Crippen LogP) is 1.08. The molecule has 2 amide bonds. The molecule has 0 spiro atoms. The van der Waals surface area contributed by atoms with Crippen LogP contribution < -0.4 is 16.4 Å². The highest BCUT2D eigenvalue weighted by atomic mass is 16.2. The summed E-state index contributed by atoms with van der Waals surface area (Å²) in [6.45, 7) is 2.20. The van der Waals surface area contributed by atoms with Crippen LogP contribution in [0, 0.1) is 6.92 Å². The molecule has 1 aromatic carbocycles. The first-order valence-corrected chi connectivity index (χ1v) is 9.36. The Balaban J connectivity index is 1.55. The monoisotopic (exact) mass is 370 g/mol. The quantitative estimate of drug-likeness (QED) is 0.704.